The van der Waals surface area contributed by atoms with Crippen molar-refractivity contribution in [3.05, 3.63) is 46.2 Å². The van der Waals surface area contributed by atoms with Crippen molar-refractivity contribution in [2.45, 2.75) is 6.42 Å². The summed E-state index contributed by atoms with van der Waals surface area (Å²) in [6, 6.07) is 5.80. The Morgan fingerprint density at radius 3 is 2.76 bits per heavy atom. The fourth-order valence-electron chi connectivity index (χ4n) is 1.37. The maximum atomic E-state index is 13.3. The Labute approximate surface area is 102 Å². The predicted molar refractivity (Wildman–Crippen MR) is 64.3 cm³/mol. The number of rotatable bonds is 4. The molecule has 2 aromatic rings. The van der Waals surface area contributed by atoms with Gasteiger partial charge in [0, 0.05) is 23.4 Å². The molecule has 2 N–H and O–H groups in total. The Morgan fingerprint density at radius 2 is 2.06 bits per heavy atom. The summed E-state index contributed by atoms with van der Waals surface area (Å²) in [6.07, 6.45) is 0.670. The van der Waals surface area contributed by atoms with E-state index in [2.05, 4.69) is 0 Å². The van der Waals surface area contributed by atoms with E-state index < -0.39 is 11.6 Å². The van der Waals surface area contributed by atoms with E-state index >= 15 is 0 Å². The Bertz CT molecular complexity index is 499. The second-order valence-electron chi connectivity index (χ2n) is 3.48. The maximum Gasteiger partial charge on any atom is 0.167 e. The normalized spacial score (nSPS) is 10.5. The van der Waals surface area contributed by atoms with Crippen molar-refractivity contribution in [3.8, 4) is 5.75 Å². The first-order chi connectivity index (χ1) is 8.16. The molecule has 0 unspecified atom stereocenters. The zero-order chi connectivity index (χ0) is 12.3. The molecule has 0 amide bonds. The van der Waals surface area contributed by atoms with Crippen LogP contribution in [0.1, 0.15) is 4.88 Å². The van der Waals surface area contributed by atoms with E-state index in [0.717, 1.165) is 17.0 Å². The van der Waals surface area contributed by atoms with Crippen LogP contribution in [-0.4, -0.2) is 6.61 Å². The number of ether oxygens (including phenoxy) is 1. The van der Waals surface area contributed by atoms with Crippen molar-refractivity contribution >= 4 is 17.0 Å². The molecule has 0 saturated heterocycles. The Balaban J connectivity index is 1.97. The highest BCUT2D eigenvalue weighted by atomic mass is 32.1. The second kappa shape index (κ2) is 5.14. The molecule has 1 aromatic heterocycles. The highest BCUT2D eigenvalue weighted by molar-refractivity contribution is 7.09. The number of nitrogen functional groups attached to an aromatic ring is 1. The molecular formula is C12H11F2NOS. The summed E-state index contributed by atoms with van der Waals surface area (Å²) in [5.74, 6) is -1.42. The van der Waals surface area contributed by atoms with E-state index in [4.69, 9.17) is 10.5 Å². The van der Waals surface area contributed by atoms with E-state index in [9.17, 15) is 8.78 Å². The van der Waals surface area contributed by atoms with Crippen molar-refractivity contribution in [2.24, 2.45) is 0 Å². The summed E-state index contributed by atoms with van der Waals surface area (Å²) in [5.41, 5.74) is 5.01. The number of hydrogen-bond donors (Lipinski definition) is 1. The van der Waals surface area contributed by atoms with E-state index in [1.54, 1.807) is 11.3 Å². The Kier molecular flexibility index (Phi) is 3.58. The van der Waals surface area contributed by atoms with Gasteiger partial charge in [-0.1, -0.05) is 6.07 Å². The minimum Gasteiger partial charge on any atom is -0.490 e. The molecule has 0 atom stereocenters. The quantitative estimate of drug-likeness (QED) is 0.851. The molecule has 5 heteroatoms. The van der Waals surface area contributed by atoms with Crippen LogP contribution >= 0.6 is 11.3 Å². The lowest BCUT2D eigenvalue weighted by Crippen LogP contribution is -2.03. The van der Waals surface area contributed by atoms with Crippen LogP contribution in [0.5, 0.6) is 5.75 Å². The topological polar surface area (TPSA) is 35.2 Å². The number of anilines is 1. The number of thiophene rings is 1. The molecule has 1 heterocycles. The highest BCUT2D eigenvalue weighted by Gasteiger charge is 2.08. The Morgan fingerprint density at radius 1 is 1.24 bits per heavy atom. The van der Waals surface area contributed by atoms with Crippen LogP contribution in [0.25, 0.3) is 0 Å². The van der Waals surface area contributed by atoms with Crippen LogP contribution < -0.4 is 10.5 Å². The van der Waals surface area contributed by atoms with Gasteiger partial charge in [-0.15, -0.1) is 11.3 Å². The van der Waals surface area contributed by atoms with Crippen LogP contribution in [-0.2, 0) is 6.42 Å². The fraction of sp³-hybridized carbons (Fsp3) is 0.167. The monoisotopic (exact) mass is 255 g/mol. The molecule has 0 aliphatic heterocycles. The van der Waals surface area contributed by atoms with Gasteiger partial charge >= 0.3 is 0 Å². The summed E-state index contributed by atoms with van der Waals surface area (Å²) >= 11 is 1.60. The van der Waals surface area contributed by atoms with Gasteiger partial charge < -0.3 is 10.5 Å². The second-order valence-corrected chi connectivity index (χ2v) is 4.51. The van der Waals surface area contributed by atoms with Crippen molar-refractivity contribution in [1.82, 2.24) is 0 Å². The molecule has 0 fully saturated rings. The molecule has 2 rings (SSSR count). The molecular weight excluding hydrogens is 244 g/mol. The zero-order valence-electron chi connectivity index (χ0n) is 8.95. The van der Waals surface area contributed by atoms with E-state index in [0.29, 0.717) is 13.0 Å². The first-order valence-electron chi connectivity index (χ1n) is 5.06. The molecule has 90 valence electrons. The lowest BCUT2D eigenvalue weighted by molar-refractivity contribution is 0.304. The highest BCUT2D eigenvalue weighted by Crippen LogP contribution is 2.23. The largest absolute Gasteiger partial charge is 0.490 e. The number of halogens is 2. The molecule has 2 nitrogen and oxygen atoms in total. The molecule has 0 radical (unpaired) electrons. The van der Waals surface area contributed by atoms with Crippen molar-refractivity contribution < 1.29 is 13.5 Å². The zero-order valence-corrected chi connectivity index (χ0v) is 9.77. The van der Waals surface area contributed by atoms with Gasteiger partial charge in [-0.25, -0.2) is 8.78 Å². The lowest BCUT2D eigenvalue weighted by Gasteiger charge is -2.07. The van der Waals surface area contributed by atoms with Crippen molar-refractivity contribution in [2.75, 3.05) is 12.3 Å². The standard InChI is InChI=1S/C12H11F2NOS/c13-9-7-12(10(14)6-11(9)15)16-4-3-8-2-1-5-17-8/h1-2,5-7H,3-4,15H2. The number of nitrogens with two attached hydrogens (primary N) is 1. The summed E-state index contributed by atoms with van der Waals surface area (Å²) in [5, 5.41) is 1.96. The molecule has 0 saturated carbocycles. The summed E-state index contributed by atoms with van der Waals surface area (Å²) < 4.78 is 31.6. The van der Waals surface area contributed by atoms with Gasteiger partial charge in [-0.3, -0.25) is 0 Å². The SMILES string of the molecule is Nc1cc(F)c(OCCc2cccs2)cc1F. The third-order valence-electron chi connectivity index (χ3n) is 2.24. The van der Waals surface area contributed by atoms with E-state index in [1.807, 2.05) is 17.5 Å². The third-order valence-corrected chi connectivity index (χ3v) is 3.17. The average molecular weight is 255 g/mol. The van der Waals surface area contributed by atoms with Crippen LogP contribution in [0.15, 0.2) is 29.6 Å². The molecule has 17 heavy (non-hydrogen) atoms. The summed E-state index contributed by atoms with van der Waals surface area (Å²) in [6.45, 7) is 0.306. The van der Waals surface area contributed by atoms with Gasteiger partial charge in [0.25, 0.3) is 0 Å². The first kappa shape index (κ1) is 11.9. The molecule has 0 aliphatic carbocycles. The average Bonchev–Trinajstić information content (AvgIpc) is 2.78. The number of hydrogen-bond acceptors (Lipinski definition) is 3. The number of benzene rings is 1. The summed E-state index contributed by atoms with van der Waals surface area (Å²) in [7, 11) is 0. The van der Waals surface area contributed by atoms with Gasteiger partial charge in [0.15, 0.2) is 11.6 Å². The van der Waals surface area contributed by atoms with E-state index in [-0.39, 0.29) is 11.4 Å². The van der Waals surface area contributed by atoms with Gasteiger partial charge in [0.05, 0.1) is 12.3 Å². The van der Waals surface area contributed by atoms with Crippen LogP contribution in [0.4, 0.5) is 14.5 Å². The van der Waals surface area contributed by atoms with Gasteiger partial charge in [0.1, 0.15) is 5.82 Å². The molecule has 0 aliphatic rings. The minimum atomic E-state index is -0.669. The van der Waals surface area contributed by atoms with Crippen molar-refractivity contribution in [1.29, 1.82) is 0 Å². The van der Waals surface area contributed by atoms with Crippen LogP contribution in [0.3, 0.4) is 0 Å². The smallest absolute Gasteiger partial charge is 0.167 e. The fourth-order valence-corrected chi connectivity index (χ4v) is 2.06. The Hall–Kier alpha value is -1.62. The van der Waals surface area contributed by atoms with Gasteiger partial charge in [-0.2, -0.15) is 0 Å². The minimum absolute atomic E-state index is 0.103. The predicted octanol–water partition coefficient (Wildman–Crippen LogP) is 3.23. The molecule has 0 spiro atoms. The van der Waals surface area contributed by atoms with Crippen LogP contribution in [0.2, 0.25) is 0 Å². The van der Waals surface area contributed by atoms with Crippen molar-refractivity contribution in [3.63, 3.8) is 0 Å². The third kappa shape index (κ3) is 2.94. The van der Waals surface area contributed by atoms with Gasteiger partial charge in [0.2, 0.25) is 0 Å². The van der Waals surface area contributed by atoms with Gasteiger partial charge in [-0.05, 0) is 11.4 Å². The lowest BCUT2D eigenvalue weighted by atomic mass is 10.3. The molecule has 0 bridgehead atoms. The van der Waals surface area contributed by atoms with Crippen LogP contribution in [0, 0.1) is 11.6 Å². The summed E-state index contributed by atoms with van der Waals surface area (Å²) in [4.78, 5) is 1.14. The first-order valence-corrected chi connectivity index (χ1v) is 5.94. The van der Waals surface area contributed by atoms with E-state index in [1.165, 1.54) is 0 Å². The molecule has 1 aromatic carbocycles. The maximum absolute atomic E-state index is 13.3.